The fourth-order valence-electron chi connectivity index (χ4n) is 0.632. The third-order valence-corrected chi connectivity index (χ3v) is 1.10. The summed E-state index contributed by atoms with van der Waals surface area (Å²) in [6.07, 6.45) is -1.23. The molecule has 1 aromatic heterocycles. The van der Waals surface area contributed by atoms with E-state index in [9.17, 15) is 8.78 Å². The summed E-state index contributed by atoms with van der Waals surface area (Å²) in [5, 5.41) is 7.27. The number of alkyl halides is 2. The molecule has 1 aromatic rings. The Balaban J connectivity index is 2.39. The molecule has 0 atom stereocenters. The van der Waals surface area contributed by atoms with Gasteiger partial charge in [-0.1, -0.05) is 0 Å². The van der Waals surface area contributed by atoms with Crippen LogP contribution in [-0.2, 0) is 6.54 Å². The van der Waals surface area contributed by atoms with Gasteiger partial charge in [0.05, 0.1) is 12.7 Å². The maximum Gasteiger partial charge on any atom is 0.240 e. The zero-order chi connectivity index (χ0) is 8.27. The van der Waals surface area contributed by atoms with Gasteiger partial charge in [0.25, 0.3) is 0 Å². The first kappa shape index (κ1) is 7.90. The van der Waals surface area contributed by atoms with Crippen molar-refractivity contribution in [3.8, 4) is 0 Å². The summed E-state index contributed by atoms with van der Waals surface area (Å²) in [4.78, 5) is 1.15. The van der Waals surface area contributed by atoms with E-state index in [-0.39, 0.29) is 18.8 Å². The molecule has 0 spiro atoms. The average molecular weight is 162 g/mol. The summed E-state index contributed by atoms with van der Waals surface area (Å²) in [5.41, 5.74) is 5.20. The fraction of sp³-hybridized carbons (Fsp3) is 0.600. The van der Waals surface area contributed by atoms with Crippen molar-refractivity contribution in [3.63, 3.8) is 0 Å². The smallest absolute Gasteiger partial charge is 0.240 e. The van der Waals surface area contributed by atoms with Gasteiger partial charge in [-0.2, -0.15) is 9.90 Å². The van der Waals surface area contributed by atoms with E-state index in [1.54, 1.807) is 0 Å². The summed E-state index contributed by atoms with van der Waals surface area (Å²) in [6, 6.07) is 0. The molecule has 0 radical (unpaired) electrons. The van der Waals surface area contributed by atoms with Gasteiger partial charge >= 0.3 is 0 Å². The zero-order valence-electron chi connectivity index (χ0n) is 5.74. The van der Waals surface area contributed by atoms with Gasteiger partial charge in [0.2, 0.25) is 6.43 Å². The van der Waals surface area contributed by atoms with Gasteiger partial charge in [-0.25, -0.2) is 8.78 Å². The van der Waals surface area contributed by atoms with Crippen LogP contribution in [0.4, 0.5) is 14.6 Å². The Morgan fingerprint density at radius 1 is 1.64 bits per heavy atom. The van der Waals surface area contributed by atoms with Crippen LogP contribution in [0, 0.1) is 0 Å². The molecule has 0 unspecified atom stereocenters. The third-order valence-electron chi connectivity index (χ3n) is 1.10. The maximum absolute atomic E-state index is 11.6. The molecule has 1 rings (SSSR count). The zero-order valence-corrected chi connectivity index (χ0v) is 5.74. The number of aryl methyl sites for hydroxylation is 1. The van der Waals surface area contributed by atoms with E-state index in [0.717, 1.165) is 4.80 Å². The summed E-state index contributed by atoms with van der Waals surface area (Å²) >= 11 is 0. The highest BCUT2D eigenvalue weighted by Gasteiger charge is 2.03. The highest BCUT2D eigenvalue weighted by atomic mass is 19.3. The number of anilines is 1. The van der Waals surface area contributed by atoms with Crippen molar-refractivity contribution in [3.05, 3.63) is 6.20 Å². The predicted molar refractivity (Wildman–Crippen MR) is 35.1 cm³/mol. The van der Waals surface area contributed by atoms with Crippen molar-refractivity contribution >= 4 is 5.82 Å². The van der Waals surface area contributed by atoms with E-state index in [0.29, 0.717) is 0 Å². The average Bonchev–Trinajstić information content (AvgIpc) is 2.31. The Kier molecular flexibility index (Phi) is 2.35. The first-order valence-corrected chi connectivity index (χ1v) is 3.12. The lowest BCUT2D eigenvalue weighted by Crippen LogP contribution is -2.06. The summed E-state index contributed by atoms with van der Waals surface area (Å²) in [5.74, 6) is 0.249. The molecule has 0 saturated heterocycles. The highest BCUT2D eigenvalue weighted by Crippen LogP contribution is 2.00. The Bertz CT molecular complexity index is 222. The molecule has 0 aliphatic heterocycles. The second kappa shape index (κ2) is 3.27. The number of nitrogens with zero attached hydrogens (tertiary/aromatic N) is 3. The van der Waals surface area contributed by atoms with E-state index >= 15 is 0 Å². The summed E-state index contributed by atoms with van der Waals surface area (Å²) in [6.45, 7) is 0.106. The van der Waals surface area contributed by atoms with Crippen LogP contribution in [0.25, 0.3) is 0 Å². The molecule has 0 aliphatic carbocycles. The normalized spacial score (nSPS) is 10.8. The minimum atomic E-state index is -2.32. The second-order valence-corrected chi connectivity index (χ2v) is 2.05. The quantitative estimate of drug-likeness (QED) is 0.704. The van der Waals surface area contributed by atoms with E-state index in [2.05, 4.69) is 10.2 Å². The molecular formula is C5H8F2N4. The van der Waals surface area contributed by atoms with Gasteiger partial charge in [0.1, 0.15) is 0 Å². The van der Waals surface area contributed by atoms with E-state index in [1.165, 1.54) is 6.20 Å². The minimum Gasteiger partial charge on any atom is -0.381 e. The first-order valence-electron chi connectivity index (χ1n) is 3.12. The van der Waals surface area contributed by atoms with Crippen LogP contribution in [0.15, 0.2) is 6.20 Å². The molecule has 0 aliphatic rings. The highest BCUT2D eigenvalue weighted by molar-refractivity contribution is 5.19. The van der Waals surface area contributed by atoms with Gasteiger partial charge in [0, 0.05) is 6.42 Å². The standard InChI is InChI=1S/C5H8F2N4/c6-4(7)1-2-11-9-3-5(8)10-11/h3-4H,1-2H2,(H2,8,10). The number of hydrogen-bond donors (Lipinski definition) is 1. The monoisotopic (exact) mass is 162 g/mol. The van der Waals surface area contributed by atoms with Gasteiger partial charge in [0.15, 0.2) is 5.82 Å². The van der Waals surface area contributed by atoms with Gasteiger partial charge in [-0.05, 0) is 0 Å². The van der Waals surface area contributed by atoms with E-state index in [1.807, 2.05) is 0 Å². The second-order valence-electron chi connectivity index (χ2n) is 2.05. The molecule has 0 amide bonds. The predicted octanol–water partition coefficient (Wildman–Crippen LogP) is 0.515. The number of hydrogen-bond acceptors (Lipinski definition) is 3. The lowest BCUT2D eigenvalue weighted by Gasteiger charge is -1.96. The van der Waals surface area contributed by atoms with Crippen LogP contribution in [0.5, 0.6) is 0 Å². The van der Waals surface area contributed by atoms with Crippen molar-refractivity contribution in [1.82, 2.24) is 15.0 Å². The van der Waals surface area contributed by atoms with Crippen LogP contribution in [0.1, 0.15) is 6.42 Å². The molecule has 0 bridgehead atoms. The fourth-order valence-corrected chi connectivity index (χ4v) is 0.632. The number of rotatable bonds is 3. The van der Waals surface area contributed by atoms with Gasteiger partial charge in [-0.3, -0.25) is 0 Å². The number of nitrogens with two attached hydrogens (primary N) is 1. The Hall–Kier alpha value is -1.20. The molecule has 4 nitrogen and oxygen atoms in total. The largest absolute Gasteiger partial charge is 0.381 e. The van der Waals surface area contributed by atoms with Crippen LogP contribution in [0.3, 0.4) is 0 Å². The van der Waals surface area contributed by atoms with Crippen molar-refractivity contribution in [2.75, 3.05) is 5.73 Å². The van der Waals surface area contributed by atoms with Crippen molar-refractivity contribution < 1.29 is 8.78 Å². The molecule has 6 heteroatoms. The topological polar surface area (TPSA) is 56.7 Å². The summed E-state index contributed by atoms with van der Waals surface area (Å²) < 4.78 is 23.3. The van der Waals surface area contributed by atoms with E-state index in [4.69, 9.17) is 5.73 Å². The number of nitrogen functional groups attached to an aromatic ring is 1. The number of halogens is 2. The molecule has 2 N–H and O–H groups in total. The molecule has 62 valence electrons. The Morgan fingerprint density at radius 2 is 2.36 bits per heavy atom. The third kappa shape index (κ3) is 2.48. The van der Waals surface area contributed by atoms with Crippen LogP contribution in [0.2, 0.25) is 0 Å². The molecule has 0 fully saturated rings. The van der Waals surface area contributed by atoms with Crippen molar-refractivity contribution in [2.45, 2.75) is 19.4 Å². The van der Waals surface area contributed by atoms with E-state index < -0.39 is 6.43 Å². The number of aromatic nitrogens is 3. The van der Waals surface area contributed by atoms with Gasteiger partial charge in [-0.15, -0.1) is 5.10 Å². The Labute approximate surface area is 62.0 Å². The van der Waals surface area contributed by atoms with Gasteiger partial charge < -0.3 is 5.73 Å². The van der Waals surface area contributed by atoms with Crippen molar-refractivity contribution in [1.29, 1.82) is 0 Å². The summed E-state index contributed by atoms with van der Waals surface area (Å²) in [7, 11) is 0. The molecule has 0 saturated carbocycles. The SMILES string of the molecule is Nc1cnn(CCC(F)F)n1. The van der Waals surface area contributed by atoms with Crippen molar-refractivity contribution in [2.24, 2.45) is 0 Å². The van der Waals surface area contributed by atoms with Crippen LogP contribution in [-0.4, -0.2) is 21.4 Å². The molecular weight excluding hydrogens is 154 g/mol. The van der Waals surface area contributed by atoms with Crippen LogP contribution < -0.4 is 5.73 Å². The Morgan fingerprint density at radius 3 is 2.82 bits per heavy atom. The minimum absolute atomic E-state index is 0.106. The first-order chi connectivity index (χ1) is 5.18. The maximum atomic E-state index is 11.6. The van der Waals surface area contributed by atoms with Crippen LogP contribution >= 0.6 is 0 Å². The molecule has 11 heavy (non-hydrogen) atoms. The lowest BCUT2D eigenvalue weighted by atomic mass is 10.5. The lowest BCUT2D eigenvalue weighted by molar-refractivity contribution is 0.128. The molecule has 0 aromatic carbocycles. The molecule has 1 heterocycles.